The predicted molar refractivity (Wildman–Crippen MR) is 93.4 cm³/mol. The van der Waals surface area contributed by atoms with E-state index < -0.39 is 11.2 Å². The van der Waals surface area contributed by atoms with Crippen molar-refractivity contribution in [3.8, 4) is 0 Å². The van der Waals surface area contributed by atoms with Crippen LogP contribution in [0.1, 0.15) is 30.6 Å². The summed E-state index contributed by atoms with van der Waals surface area (Å²) in [5.74, 6) is -1.54. The highest BCUT2D eigenvalue weighted by molar-refractivity contribution is 8.15. The first-order chi connectivity index (χ1) is 11.5. The number of aromatic carboxylic acids is 1. The van der Waals surface area contributed by atoms with Gasteiger partial charge in [0.05, 0.1) is 5.56 Å². The zero-order valence-corrected chi connectivity index (χ0v) is 14.3. The molecule has 0 spiro atoms. The normalized spacial score (nSPS) is 19.4. The summed E-state index contributed by atoms with van der Waals surface area (Å²) in [5.41, 5.74) is 0.477. The summed E-state index contributed by atoms with van der Waals surface area (Å²) in [6, 6.07) is 6.00. The lowest BCUT2D eigenvalue weighted by molar-refractivity contribution is -0.129. The van der Waals surface area contributed by atoms with Crippen molar-refractivity contribution in [1.82, 2.24) is 4.90 Å². The minimum atomic E-state index is -1.07. The molecule has 0 aromatic heterocycles. The standard InChI is InChI=1S/C16H19N3O4S/c1-3-17-16-19(4-2)13(20)9-12(24-16)14(21)18-11-7-5-6-10(8-11)15(22)23/h5-8,12H,3-4,9H2,1-2H3,(H,18,21)(H,22,23)/t12-/m0/s1. The van der Waals surface area contributed by atoms with E-state index in [0.29, 0.717) is 23.9 Å². The number of rotatable bonds is 5. The van der Waals surface area contributed by atoms with Crippen LogP contribution in [0.2, 0.25) is 0 Å². The van der Waals surface area contributed by atoms with Gasteiger partial charge in [-0.2, -0.15) is 0 Å². The number of carbonyl (C=O) groups excluding carboxylic acids is 2. The average molecular weight is 349 g/mol. The van der Waals surface area contributed by atoms with Crippen LogP contribution in [0.3, 0.4) is 0 Å². The lowest BCUT2D eigenvalue weighted by Crippen LogP contribution is -2.45. The van der Waals surface area contributed by atoms with Gasteiger partial charge >= 0.3 is 5.97 Å². The van der Waals surface area contributed by atoms with Gasteiger partial charge in [0, 0.05) is 25.2 Å². The van der Waals surface area contributed by atoms with Crippen molar-refractivity contribution in [2.75, 3.05) is 18.4 Å². The number of carbonyl (C=O) groups is 3. The van der Waals surface area contributed by atoms with Gasteiger partial charge in [0.25, 0.3) is 0 Å². The Balaban J connectivity index is 2.12. The molecule has 0 radical (unpaired) electrons. The number of carboxylic acid groups (broad SMARTS) is 1. The van der Waals surface area contributed by atoms with Gasteiger partial charge in [-0.15, -0.1) is 0 Å². The van der Waals surface area contributed by atoms with Crippen LogP contribution < -0.4 is 5.32 Å². The van der Waals surface area contributed by atoms with Crippen LogP contribution in [-0.2, 0) is 9.59 Å². The van der Waals surface area contributed by atoms with Crippen molar-refractivity contribution in [2.45, 2.75) is 25.5 Å². The molecular formula is C16H19N3O4S. The molecule has 1 saturated heterocycles. The molecule has 1 aliphatic rings. The molecule has 1 atom stereocenters. The fourth-order valence-electron chi connectivity index (χ4n) is 2.28. The van der Waals surface area contributed by atoms with Crippen molar-refractivity contribution < 1.29 is 19.5 Å². The Morgan fingerprint density at radius 3 is 2.79 bits per heavy atom. The molecule has 1 aliphatic heterocycles. The number of nitrogens with zero attached hydrogens (tertiary/aromatic N) is 2. The second-order valence-electron chi connectivity index (χ2n) is 5.08. The van der Waals surface area contributed by atoms with Crippen molar-refractivity contribution in [2.24, 2.45) is 4.99 Å². The first-order valence-corrected chi connectivity index (χ1v) is 8.49. The Morgan fingerprint density at radius 1 is 1.42 bits per heavy atom. The molecule has 2 N–H and O–H groups in total. The molecular weight excluding hydrogens is 330 g/mol. The third-order valence-electron chi connectivity index (χ3n) is 3.42. The van der Waals surface area contributed by atoms with Crippen LogP contribution >= 0.6 is 11.8 Å². The van der Waals surface area contributed by atoms with Gasteiger partial charge in [0.2, 0.25) is 11.8 Å². The first-order valence-electron chi connectivity index (χ1n) is 7.62. The van der Waals surface area contributed by atoms with Crippen molar-refractivity contribution in [3.63, 3.8) is 0 Å². The molecule has 0 saturated carbocycles. The molecule has 2 rings (SSSR count). The number of nitrogens with one attached hydrogen (secondary N) is 1. The van der Waals surface area contributed by atoms with Crippen LogP contribution in [0.5, 0.6) is 0 Å². The molecule has 0 unspecified atom stereocenters. The fourth-order valence-corrected chi connectivity index (χ4v) is 3.48. The van der Waals surface area contributed by atoms with E-state index in [1.165, 1.54) is 23.9 Å². The number of benzene rings is 1. The van der Waals surface area contributed by atoms with Crippen LogP contribution in [0.4, 0.5) is 5.69 Å². The Kier molecular flexibility index (Phi) is 5.97. The molecule has 7 nitrogen and oxygen atoms in total. The monoisotopic (exact) mass is 349 g/mol. The van der Waals surface area contributed by atoms with Gasteiger partial charge in [0.1, 0.15) is 5.25 Å². The van der Waals surface area contributed by atoms with Gasteiger partial charge in [-0.25, -0.2) is 4.79 Å². The molecule has 1 fully saturated rings. The van der Waals surface area contributed by atoms with E-state index in [1.807, 2.05) is 13.8 Å². The Labute approximate surface area is 144 Å². The minimum Gasteiger partial charge on any atom is -0.478 e. The highest BCUT2D eigenvalue weighted by Gasteiger charge is 2.34. The summed E-state index contributed by atoms with van der Waals surface area (Å²) in [5, 5.41) is 11.6. The van der Waals surface area contributed by atoms with Crippen molar-refractivity contribution in [3.05, 3.63) is 29.8 Å². The molecule has 0 aliphatic carbocycles. The van der Waals surface area contributed by atoms with Gasteiger partial charge < -0.3 is 10.4 Å². The van der Waals surface area contributed by atoms with E-state index in [-0.39, 0.29) is 23.8 Å². The second kappa shape index (κ2) is 7.96. The second-order valence-corrected chi connectivity index (χ2v) is 6.25. The molecule has 1 aromatic rings. The Morgan fingerprint density at radius 2 is 2.17 bits per heavy atom. The molecule has 1 aromatic carbocycles. The molecule has 1 heterocycles. The van der Waals surface area contributed by atoms with E-state index in [9.17, 15) is 14.4 Å². The van der Waals surface area contributed by atoms with Crippen LogP contribution in [-0.4, -0.2) is 51.3 Å². The number of amidine groups is 1. The van der Waals surface area contributed by atoms with Gasteiger partial charge in [-0.05, 0) is 32.0 Å². The lowest BCUT2D eigenvalue weighted by Gasteiger charge is -2.30. The van der Waals surface area contributed by atoms with Crippen molar-refractivity contribution in [1.29, 1.82) is 0 Å². The van der Waals surface area contributed by atoms with Gasteiger partial charge in [-0.3, -0.25) is 19.5 Å². The number of anilines is 1. The van der Waals surface area contributed by atoms with E-state index in [1.54, 1.807) is 17.0 Å². The number of carboxylic acids is 1. The van der Waals surface area contributed by atoms with Crippen LogP contribution in [0.25, 0.3) is 0 Å². The predicted octanol–water partition coefficient (Wildman–Crippen LogP) is 2.05. The first kappa shape index (κ1) is 18.0. The maximum atomic E-state index is 12.4. The number of amides is 2. The molecule has 128 valence electrons. The summed E-state index contributed by atoms with van der Waals surface area (Å²) in [6.07, 6.45) is 0.0890. The van der Waals surface area contributed by atoms with Gasteiger partial charge in [0.15, 0.2) is 5.17 Å². The largest absolute Gasteiger partial charge is 0.478 e. The quantitative estimate of drug-likeness (QED) is 0.848. The summed E-state index contributed by atoms with van der Waals surface area (Å²) in [4.78, 5) is 41.5. The number of hydrogen-bond acceptors (Lipinski definition) is 5. The number of thioether (sulfide) groups is 1. The van der Waals surface area contributed by atoms with E-state index in [2.05, 4.69) is 10.3 Å². The van der Waals surface area contributed by atoms with Gasteiger partial charge in [-0.1, -0.05) is 17.8 Å². The van der Waals surface area contributed by atoms with Crippen LogP contribution in [0, 0.1) is 0 Å². The minimum absolute atomic E-state index is 0.0885. The number of aliphatic imine (C=N–C) groups is 1. The maximum absolute atomic E-state index is 12.4. The van der Waals surface area contributed by atoms with E-state index in [0.717, 1.165) is 0 Å². The third-order valence-corrected chi connectivity index (χ3v) is 4.64. The smallest absolute Gasteiger partial charge is 0.335 e. The Bertz CT molecular complexity index is 690. The third kappa shape index (κ3) is 4.14. The molecule has 0 bridgehead atoms. The SMILES string of the molecule is CCN=C1S[C@H](C(=O)Nc2cccc(C(=O)O)c2)CC(=O)N1CC. The summed E-state index contributed by atoms with van der Waals surface area (Å²) in [7, 11) is 0. The van der Waals surface area contributed by atoms with E-state index in [4.69, 9.17) is 5.11 Å². The summed E-state index contributed by atoms with van der Waals surface area (Å²) in [6.45, 7) is 4.77. The zero-order chi connectivity index (χ0) is 17.7. The van der Waals surface area contributed by atoms with E-state index >= 15 is 0 Å². The highest BCUT2D eigenvalue weighted by atomic mass is 32.2. The maximum Gasteiger partial charge on any atom is 0.335 e. The highest BCUT2D eigenvalue weighted by Crippen LogP contribution is 2.27. The summed E-state index contributed by atoms with van der Waals surface area (Å²) < 4.78 is 0. The molecule has 24 heavy (non-hydrogen) atoms. The average Bonchev–Trinajstić information content (AvgIpc) is 2.55. The lowest BCUT2D eigenvalue weighted by atomic mass is 10.2. The zero-order valence-electron chi connectivity index (χ0n) is 13.5. The molecule has 2 amide bonds. The topological polar surface area (TPSA) is 99.1 Å². The van der Waals surface area contributed by atoms with Crippen molar-refractivity contribution >= 4 is 40.4 Å². The summed E-state index contributed by atoms with van der Waals surface area (Å²) >= 11 is 1.26. The molecule has 8 heteroatoms. The number of hydrogen-bond donors (Lipinski definition) is 2. The fraction of sp³-hybridized carbons (Fsp3) is 0.375. The van der Waals surface area contributed by atoms with Crippen LogP contribution in [0.15, 0.2) is 29.3 Å². The Hall–Kier alpha value is -2.35.